The van der Waals surface area contributed by atoms with Crippen LogP contribution in [0.2, 0.25) is 5.02 Å². The summed E-state index contributed by atoms with van der Waals surface area (Å²) in [5.74, 6) is -0.632. The van der Waals surface area contributed by atoms with E-state index in [1.807, 2.05) is 10.8 Å². The van der Waals surface area contributed by atoms with Crippen molar-refractivity contribution in [2.45, 2.75) is 35.1 Å². The standard InChI is InChI=1S/C19H20ClN3O4S/c1-22-14(12-23-10-2-3-16(23)17(22)24)11-21-18(25)19(8-9-19)28(26,27)15-6-4-13(20)5-7-15/h2-7,10,14H,8-9,11-12H2,1H3,(H,21,25). The molecule has 1 aliphatic heterocycles. The number of carbonyl (C=O) groups excluding carboxylic acids is 2. The summed E-state index contributed by atoms with van der Waals surface area (Å²) < 4.78 is 26.4. The smallest absolute Gasteiger partial charge is 0.270 e. The Morgan fingerprint density at radius 1 is 1.25 bits per heavy atom. The van der Waals surface area contributed by atoms with Crippen molar-refractivity contribution < 1.29 is 18.0 Å². The molecule has 0 spiro atoms. The average Bonchev–Trinajstić information content (AvgIpc) is 3.37. The van der Waals surface area contributed by atoms with Crippen molar-refractivity contribution in [1.82, 2.24) is 14.8 Å². The predicted octanol–water partition coefficient (Wildman–Crippen LogP) is 1.72. The molecule has 1 aliphatic carbocycles. The van der Waals surface area contributed by atoms with Gasteiger partial charge in [-0.05, 0) is 49.2 Å². The zero-order valence-electron chi connectivity index (χ0n) is 15.3. The molecule has 4 rings (SSSR count). The number of sulfone groups is 1. The van der Waals surface area contributed by atoms with Crippen molar-refractivity contribution >= 4 is 33.3 Å². The van der Waals surface area contributed by atoms with Gasteiger partial charge in [-0.25, -0.2) is 8.42 Å². The SMILES string of the molecule is CN1C(=O)c2cccn2CC1CNC(=O)C1(S(=O)(=O)c2ccc(Cl)cc2)CC1. The van der Waals surface area contributed by atoms with Gasteiger partial charge in [-0.1, -0.05) is 11.6 Å². The Morgan fingerprint density at radius 3 is 2.57 bits per heavy atom. The molecular weight excluding hydrogens is 402 g/mol. The largest absolute Gasteiger partial charge is 0.353 e. The Bertz CT molecular complexity index is 1040. The van der Waals surface area contributed by atoms with E-state index in [4.69, 9.17) is 11.6 Å². The molecule has 7 nitrogen and oxygen atoms in total. The molecular formula is C19H20ClN3O4S. The Kier molecular flexibility index (Phi) is 4.50. The van der Waals surface area contributed by atoms with E-state index in [-0.39, 0.29) is 36.2 Å². The lowest BCUT2D eigenvalue weighted by Crippen LogP contribution is -2.53. The van der Waals surface area contributed by atoms with Gasteiger partial charge in [-0.3, -0.25) is 9.59 Å². The first-order valence-corrected chi connectivity index (χ1v) is 10.8. The summed E-state index contributed by atoms with van der Waals surface area (Å²) in [6.07, 6.45) is 2.39. The minimum absolute atomic E-state index is 0.0893. The molecule has 2 aromatic rings. The van der Waals surface area contributed by atoms with Crippen LogP contribution in [0.1, 0.15) is 23.3 Å². The molecule has 1 N–H and O–H groups in total. The van der Waals surface area contributed by atoms with Crippen molar-refractivity contribution in [3.63, 3.8) is 0 Å². The summed E-state index contributed by atoms with van der Waals surface area (Å²) in [6.45, 7) is 0.734. The van der Waals surface area contributed by atoms with Gasteiger partial charge in [0.15, 0.2) is 14.6 Å². The zero-order valence-corrected chi connectivity index (χ0v) is 16.8. The highest BCUT2D eigenvalue weighted by atomic mass is 35.5. The first-order valence-electron chi connectivity index (χ1n) is 8.97. The highest BCUT2D eigenvalue weighted by Gasteiger charge is 2.61. The van der Waals surface area contributed by atoms with Crippen LogP contribution in [0.5, 0.6) is 0 Å². The number of likely N-dealkylation sites (N-methyl/N-ethyl adjacent to an activating group) is 1. The fraction of sp³-hybridized carbons (Fsp3) is 0.368. The number of nitrogens with zero attached hydrogens (tertiary/aromatic N) is 2. The summed E-state index contributed by atoms with van der Waals surface area (Å²) in [5.41, 5.74) is 0.606. The first kappa shape index (κ1) is 19.0. The Hall–Kier alpha value is -2.32. The number of nitrogens with one attached hydrogen (secondary N) is 1. The number of rotatable bonds is 5. The van der Waals surface area contributed by atoms with E-state index in [0.29, 0.717) is 17.3 Å². The molecule has 0 saturated heterocycles. The van der Waals surface area contributed by atoms with Gasteiger partial charge in [0.2, 0.25) is 5.91 Å². The van der Waals surface area contributed by atoms with Crippen molar-refractivity contribution in [3.8, 4) is 0 Å². The van der Waals surface area contributed by atoms with Crippen LogP contribution in [-0.4, -0.2) is 54.1 Å². The Morgan fingerprint density at radius 2 is 1.93 bits per heavy atom. The summed E-state index contributed by atoms with van der Waals surface area (Å²) >= 11 is 5.83. The molecule has 1 atom stereocenters. The summed E-state index contributed by atoms with van der Waals surface area (Å²) in [4.78, 5) is 26.9. The number of hydrogen-bond acceptors (Lipinski definition) is 4. The molecule has 9 heteroatoms. The minimum atomic E-state index is -3.82. The third-order valence-corrected chi connectivity index (χ3v) is 8.35. The third kappa shape index (κ3) is 2.91. The van der Waals surface area contributed by atoms with Crippen LogP contribution < -0.4 is 5.32 Å². The Labute approximate surface area is 168 Å². The normalized spacial score (nSPS) is 20.6. The molecule has 2 heterocycles. The van der Waals surface area contributed by atoms with Crippen LogP contribution in [0.25, 0.3) is 0 Å². The lowest BCUT2D eigenvalue weighted by atomic mass is 10.1. The molecule has 148 valence electrons. The van der Waals surface area contributed by atoms with Crippen LogP contribution in [0, 0.1) is 0 Å². The van der Waals surface area contributed by atoms with Crippen LogP contribution >= 0.6 is 11.6 Å². The maximum atomic E-state index is 13.0. The first-order chi connectivity index (χ1) is 13.3. The van der Waals surface area contributed by atoms with Crippen LogP contribution in [0.4, 0.5) is 0 Å². The fourth-order valence-corrected chi connectivity index (χ4v) is 5.63. The molecule has 1 aromatic carbocycles. The van der Waals surface area contributed by atoms with Gasteiger partial charge in [0.1, 0.15) is 5.69 Å². The van der Waals surface area contributed by atoms with Crippen molar-refractivity contribution in [3.05, 3.63) is 53.3 Å². The van der Waals surface area contributed by atoms with Gasteiger partial charge < -0.3 is 14.8 Å². The van der Waals surface area contributed by atoms with Crippen molar-refractivity contribution in [2.75, 3.05) is 13.6 Å². The molecule has 0 bridgehead atoms. The van der Waals surface area contributed by atoms with Crippen LogP contribution in [0.3, 0.4) is 0 Å². The van der Waals surface area contributed by atoms with Gasteiger partial charge in [0, 0.05) is 31.4 Å². The third-order valence-electron chi connectivity index (χ3n) is 5.58. The fourth-order valence-electron chi connectivity index (χ4n) is 3.61. The molecule has 2 amide bonds. The van der Waals surface area contributed by atoms with E-state index in [1.165, 1.54) is 24.3 Å². The van der Waals surface area contributed by atoms with Gasteiger partial charge in [0.25, 0.3) is 5.91 Å². The number of aromatic nitrogens is 1. The number of hydrogen-bond donors (Lipinski definition) is 1. The number of benzene rings is 1. The molecule has 0 radical (unpaired) electrons. The molecule has 1 saturated carbocycles. The molecule has 1 fully saturated rings. The van der Waals surface area contributed by atoms with E-state index in [2.05, 4.69) is 5.32 Å². The van der Waals surface area contributed by atoms with Crippen molar-refractivity contribution in [1.29, 1.82) is 0 Å². The topological polar surface area (TPSA) is 88.5 Å². The molecule has 28 heavy (non-hydrogen) atoms. The van der Waals surface area contributed by atoms with Gasteiger partial charge in [-0.15, -0.1) is 0 Å². The maximum Gasteiger partial charge on any atom is 0.270 e. The molecule has 2 aliphatic rings. The summed E-state index contributed by atoms with van der Waals surface area (Å²) in [7, 11) is -2.13. The van der Waals surface area contributed by atoms with E-state index in [0.717, 1.165) is 0 Å². The summed E-state index contributed by atoms with van der Waals surface area (Å²) in [6, 6.07) is 9.16. The second-order valence-electron chi connectivity index (χ2n) is 7.28. The van der Waals surface area contributed by atoms with Gasteiger partial charge in [-0.2, -0.15) is 0 Å². The highest BCUT2D eigenvalue weighted by molar-refractivity contribution is 7.94. The number of fused-ring (bicyclic) bond motifs is 1. The minimum Gasteiger partial charge on any atom is -0.353 e. The number of amides is 2. The second kappa shape index (κ2) is 6.63. The average molecular weight is 422 g/mol. The number of halogens is 1. The van der Waals surface area contributed by atoms with Crippen LogP contribution in [0.15, 0.2) is 47.5 Å². The quantitative estimate of drug-likeness (QED) is 0.796. The highest BCUT2D eigenvalue weighted by Crippen LogP contribution is 2.47. The second-order valence-corrected chi connectivity index (χ2v) is 9.97. The zero-order chi connectivity index (χ0) is 20.1. The Balaban J connectivity index is 1.48. The van der Waals surface area contributed by atoms with Crippen LogP contribution in [-0.2, 0) is 21.2 Å². The monoisotopic (exact) mass is 421 g/mol. The van der Waals surface area contributed by atoms with E-state index in [1.54, 1.807) is 24.1 Å². The van der Waals surface area contributed by atoms with Gasteiger partial charge >= 0.3 is 0 Å². The van der Waals surface area contributed by atoms with E-state index >= 15 is 0 Å². The predicted molar refractivity (Wildman–Crippen MR) is 104 cm³/mol. The molecule has 1 unspecified atom stereocenters. The lowest BCUT2D eigenvalue weighted by molar-refractivity contribution is -0.121. The van der Waals surface area contributed by atoms with Gasteiger partial charge in [0.05, 0.1) is 10.9 Å². The number of carbonyl (C=O) groups is 2. The molecule has 1 aromatic heterocycles. The lowest BCUT2D eigenvalue weighted by Gasteiger charge is -2.34. The van der Waals surface area contributed by atoms with E-state index < -0.39 is 20.5 Å². The summed E-state index contributed by atoms with van der Waals surface area (Å²) in [5, 5.41) is 3.20. The maximum absolute atomic E-state index is 13.0. The van der Waals surface area contributed by atoms with E-state index in [9.17, 15) is 18.0 Å². The van der Waals surface area contributed by atoms with Crippen molar-refractivity contribution in [2.24, 2.45) is 0 Å².